The van der Waals surface area contributed by atoms with Crippen LogP contribution in [0.2, 0.25) is 0 Å². The average molecular weight is 304 g/mol. The summed E-state index contributed by atoms with van der Waals surface area (Å²) in [6.07, 6.45) is 2.55. The minimum atomic E-state index is -3.40. The van der Waals surface area contributed by atoms with Crippen molar-refractivity contribution in [1.82, 2.24) is 8.87 Å². The molecule has 1 aliphatic heterocycles. The van der Waals surface area contributed by atoms with Crippen LogP contribution in [0.25, 0.3) is 0 Å². The van der Waals surface area contributed by atoms with Crippen LogP contribution in [0, 0.1) is 0 Å². The van der Waals surface area contributed by atoms with Crippen molar-refractivity contribution in [3.05, 3.63) is 18.0 Å². The first-order valence-corrected chi connectivity index (χ1v) is 9.07. The third kappa shape index (κ3) is 3.16. The van der Waals surface area contributed by atoms with E-state index in [1.807, 2.05) is 11.5 Å². The third-order valence-corrected chi connectivity index (χ3v) is 6.00. The summed E-state index contributed by atoms with van der Waals surface area (Å²) in [4.78, 5) is 0.303. The molecule has 1 aliphatic rings. The number of aryl methyl sites for hydroxylation is 1. The molecular weight excluding hydrogens is 284 g/mol. The maximum atomic E-state index is 12.5. The molecule has 0 aliphatic carbocycles. The molecular formula is C12H20N2O3S2. The standard InChI is InChI=1S/C12H20N2O3S2/c1-2-3-13-9-12(8-11(13)10-15)19(16,17)14-4-6-18-7-5-14/h8-9,15H,2-7,10H2,1H3. The Morgan fingerprint density at radius 1 is 1.37 bits per heavy atom. The SMILES string of the molecule is CCCn1cc(S(=O)(=O)N2CCSCC2)cc1CO. The normalized spacial score (nSPS) is 17.8. The van der Waals surface area contributed by atoms with Crippen molar-refractivity contribution in [1.29, 1.82) is 0 Å². The van der Waals surface area contributed by atoms with Crippen LogP contribution in [-0.2, 0) is 23.2 Å². The molecule has 19 heavy (non-hydrogen) atoms. The van der Waals surface area contributed by atoms with E-state index in [4.69, 9.17) is 0 Å². The third-order valence-electron chi connectivity index (χ3n) is 3.20. The number of rotatable bonds is 5. The first-order chi connectivity index (χ1) is 9.09. The van der Waals surface area contributed by atoms with Crippen molar-refractivity contribution >= 4 is 21.8 Å². The fourth-order valence-electron chi connectivity index (χ4n) is 2.18. The van der Waals surface area contributed by atoms with Gasteiger partial charge in [0.2, 0.25) is 10.0 Å². The Hall–Kier alpha value is -0.500. The van der Waals surface area contributed by atoms with E-state index in [0.717, 1.165) is 24.5 Å². The highest BCUT2D eigenvalue weighted by molar-refractivity contribution is 7.99. The molecule has 0 bridgehead atoms. The van der Waals surface area contributed by atoms with Gasteiger partial charge in [-0.15, -0.1) is 0 Å². The molecule has 2 heterocycles. The molecule has 0 aromatic carbocycles. The van der Waals surface area contributed by atoms with E-state index in [1.165, 1.54) is 4.31 Å². The molecule has 7 heteroatoms. The van der Waals surface area contributed by atoms with Gasteiger partial charge in [0.25, 0.3) is 0 Å². The van der Waals surface area contributed by atoms with Crippen molar-refractivity contribution < 1.29 is 13.5 Å². The number of nitrogens with zero attached hydrogens (tertiary/aromatic N) is 2. The lowest BCUT2D eigenvalue weighted by Crippen LogP contribution is -2.37. The van der Waals surface area contributed by atoms with E-state index in [9.17, 15) is 13.5 Å². The Bertz CT molecular complexity index is 519. The second-order valence-corrected chi connectivity index (χ2v) is 7.70. The Morgan fingerprint density at radius 2 is 2.05 bits per heavy atom. The summed E-state index contributed by atoms with van der Waals surface area (Å²) < 4.78 is 28.4. The molecule has 1 saturated heterocycles. The number of hydrogen-bond donors (Lipinski definition) is 1. The van der Waals surface area contributed by atoms with Crippen LogP contribution >= 0.6 is 11.8 Å². The van der Waals surface area contributed by atoms with Crippen LogP contribution in [0.4, 0.5) is 0 Å². The average Bonchev–Trinajstić information content (AvgIpc) is 2.84. The topological polar surface area (TPSA) is 62.5 Å². The quantitative estimate of drug-likeness (QED) is 0.886. The van der Waals surface area contributed by atoms with Gasteiger partial charge in [0, 0.05) is 43.0 Å². The highest BCUT2D eigenvalue weighted by Gasteiger charge is 2.27. The van der Waals surface area contributed by atoms with Crippen molar-refractivity contribution in [2.75, 3.05) is 24.6 Å². The van der Waals surface area contributed by atoms with Gasteiger partial charge in [-0.3, -0.25) is 0 Å². The molecule has 0 saturated carbocycles. The minimum absolute atomic E-state index is 0.134. The minimum Gasteiger partial charge on any atom is -0.390 e. The zero-order chi connectivity index (χ0) is 13.9. The molecule has 1 aromatic rings. The first kappa shape index (κ1) is 14.9. The summed E-state index contributed by atoms with van der Waals surface area (Å²) in [7, 11) is -3.40. The lowest BCUT2D eigenvalue weighted by Gasteiger charge is -2.25. The fraction of sp³-hybridized carbons (Fsp3) is 0.667. The summed E-state index contributed by atoms with van der Waals surface area (Å²) in [5.74, 6) is 1.70. The molecule has 2 rings (SSSR count). The molecule has 0 unspecified atom stereocenters. The molecule has 5 nitrogen and oxygen atoms in total. The molecule has 1 fully saturated rings. The summed E-state index contributed by atoms with van der Waals surface area (Å²) in [5, 5.41) is 9.30. The largest absolute Gasteiger partial charge is 0.390 e. The van der Waals surface area contributed by atoms with Crippen molar-refractivity contribution in [3.63, 3.8) is 0 Å². The summed E-state index contributed by atoms with van der Waals surface area (Å²) in [6, 6.07) is 1.59. The fourth-order valence-corrected chi connectivity index (χ4v) is 4.82. The van der Waals surface area contributed by atoms with Gasteiger partial charge in [0.1, 0.15) is 4.90 Å². The van der Waals surface area contributed by atoms with E-state index < -0.39 is 10.0 Å². The van der Waals surface area contributed by atoms with Gasteiger partial charge in [-0.1, -0.05) is 6.92 Å². The van der Waals surface area contributed by atoms with Crippen LogP contribution in [0.15, 0.2) is 17.2 Å². The molecule has 0 amide bonds. The Morgan fingerprint density at radius 3 is 2.63 bits per heavy atom. The maximum absolute atomic E-state index is 12.5. The molecule has 1 N–H and O–H groups in total. The lowest BCUT2D eigenvalue weighted by molar-refractivity contribution is 0.270. The monoisotopic (exact) mass is 304 g/mol. The molecule has 1 aromatic heterocycles. The number of aliphatic hydroxyl groups excluding tert-OH is 1. The van der Waals surface area contributed by atoms with Gasteiger partial charge in [0.15, 0.2) is 0 Å². The number of aliphatic hydroxyl groups is 1. The zero-order valence-electron chi connectivity index (χ0n) is 11.1. The summed E-state index contributed by atoms with van der Waals surface area (Å²) in [6.45, 7) is 3.75. The molecule has 108 valence electrons. The van der Waals surface area contributed by atoms with Gasteiger partial charge in [-0.2, -0.15) is 16.1 Å². The van der Waals surface area contributed by atoms with E-state index in [0.29, 0.717) is 23.7 Å². The molecule has 0 spiro atoms. The zero-order valence-corrected chi connectivity index (χ0v) is 12.7. The van der Waals surface area contributed by atoms with Crippen LogP contribution in [0.5, 0.6) is 0 Å². The van der Waals surface area contributed by atoms with E-state index >= 15 is 0 Å². The Kier molecular flexibility index (Phi) is 4.94. The van der Waals surface area contributed by atoms with Crippen LogP contribution < -0.4 is 0 Å². The van der Waals surface area contributed by atoms with Crippen LogP contribution in [0.3, 0.4) is 0 Å². The molecule has 0 atom stereocenters. The van der Waals surface area contributed by atoms with E-state index in [2.05, 4.69) is 0 Å². The number of aromatic nitrogens is 1. The van der Waals surface area contributed by atoms with E-state index in [-0.39, 0.29) is 6.61 Å². The van der Waals surface area contributed by atoms with Crippen molar-refractivity contribution in [2.45, 2.75) is 31.4 Å². The van der Waals surface area contributed by atoms with E-state index in [1.54, 1.807) is 24.0 Å². The van der Waals surface area contributed by atoms with Gasteiger partial charge in [0.05, 0.1) is 6.61 Å². The van der Waals surface area contributed by atoms with Gasteiger partial charge >= 0.3 is 0 Å². The van der Waals surface area contributed by atoms with Crippen LogP contribution in [0.1, 0.15) is 19.0 Å². The Labute approximate surface area is 118 Å². The second-order valence-electron chi connectivity index (χ2n) is 4.54. The predicted molar refractivity (Wildman–Crippen MR) is 76.7 cm³/mol. The van der Waals surface area contributed by atoms with Crippen molar-refractivity contribution in [3.8, 4) is 0 Å². The van der Waals surface area contributed by atoms with Crippen molar-refractivity contribution in [2.24, 2.45) is 0 Å². The number of sulfonamides is 1. The van der Waals surface area contributed by atoms with Gasteiger partial charge < -0.3 is 9.67 Å². The summed E-state index contributed by atoms with van der Waals surface area (Å²) >= 11 is 1.78. The summed E-state index contributed by atoms with van der Waals surface area (Å²) in [5.41, 5.74) is 0.659. The number of thioether (sulfide) groups is 1. The molecule has 0 radical (unpaired) electrons. The highest BCUT2D eigenvalue weighted by atomic mass is 32.2. The second kappa shape index (κ2) is 6.30. The highest BCUT2D eigenvalue weighted by Crippen LogP contribution is 2.22. The van der Waals surface area contributed by atoms with Gasteiger partial charge in [-0.25, -0.2) is 8.42 Å². The Balaban J connectivity index is 2.29. The van der Waals surface area contributed by atoms with Gasteiger partial charge in [-0.05, 0) is 12.5 Å². The predicted octanol–water partition coefficient (Wildman–Crippen LogP) is 1.13. The maximum Gasteiger partial charge on any atom is 0.244 e. The lowest BCUT2D eigenvalue weighted by atomic mass is 10.4. The smallest absolute Gasteiger partial charge is 0.244 e. The van der Waals surface area contributed by atoms with Crippen LogP contribution in [-0.4, -0.2) is 47.0 Å². The number of hydrogen-bond acceptors (Lipinski definition) is 4. The first-order valence-electron chi connectivity index (χ1n) is 6.47.